The number of carbonyl (C=O) groups is 1. The number of rotatable bonds is 6. The fourth-order valence-electron chi connectivity index (χ4n) is 3.54. The second-order valence-corrected chi connectivity index (χ2v) is 6.73. The summed E-state index contributed by atoms with van der Waals surface area (Å²) >= 11 is 0. The lowest BCUT2D eigenvalue weighted by atomic mass is 10.1. The standard InChI is InChI=1S/C19H29N3O2/c1-16-18(9-15-24-16)20-10-5-8-19(23)22-13-11-21(12-14-22)17-6-3-2-4-7-17/h2-4,6-7,16,18,20H,5,8-15H2,1H3/t16-,18+/m0/s1. The van der Waals surface area contributed by atoms with E-state index in [0.717, 1.165) is 52.2 Å². The van der Waals surface area contributed by atoms with Crippen LogP contribution in [0.1, 0.15) is 26.2 Å². The molecule has 0 bridgehead atoms. The number of benzene rings is 1. The lowest BCUT2D eigenvalue weighted by Crippen LogP contribution is -2.48. The minimum Gasteiger partial charge on any atom is -0.377 e. The van der Waals surface area contributed by atoms with Gasteiger partial charge in [-0.2, -0.15) is 0 Å². The molecule has 2 heterocycles. The maximum Gasteiger partial charge on any atom is 0.222 e. The van der Waals surface area contributed by atoms with Gasteiger partial charge in [0.2, 0.25) is 5.91 Å². The van der Waals surface area contributed by atoms with Crippen LogP contribution >= 0.6 is 0 Å². The van der Waals surface area contributed by atoms with E-state index in [0.29, 0.717) is 24.5 Å². The monoisotopic (exact) mass is 331 g/mol. The summed E-state index contributed by atoms with van der Waals surface area (Å²) in [5.74, 6) is 0.292. The molecule has 2 aliphatic heterocycles. The molecule has 3 rings (SSSR count). The van der Waals surface area contributed by atoms with Crippen molar-refractivity contribution in [3.8, 4) is 0 Å². The van der Waals surface area contributed by atoms with Gasteiger partial charge in [0, 0.05) is 50.9 Å². The molecule has 1 aromatic rings. The van der Waals surface area contributed by atoms with Crippen LogP contribution in [0.2, 0.25) is 0 Å². The van der Waals surface area contributed by atoms with Gasteiger partial charge in [-0.25, -0.2) is 0 Å². The summed E-state index contributed by atoms with van der Waals surface area (Å²) in [5.41, 5.74) is 1.25. The van der Waals surface area contributed by atoms with Crippen molar-refractivity contribution < 1.29 is 9.53 Å². The number of carbonyl (C=O) groups excluding carboxylic acids is 1. The molecule has 1 N–H and O–H groups in total. The number of nitrogens with one attached hydrogen (secondary N) is 1. The number of anilines is 1. The van der Waals surface area contributed by atoms with E-state index in [1.165, 1.54) is 5.69 Å². The van der Waals surface area contributed by atoms with Crippen molar-refractivity contribution in [3.05, 3.63) is 30.3 Å². The molecule has 0 spiro atoms. The third-order valence-electron chi connectivity index (χ3n) is 5.10. The van der Waals surface area contributed by atoms with Crippen molar-refractivity contribution in [2.45, 2.75) is 38.3 Å². The number of piperazine rings is 1. The Hall–Kier alpha value is -1.59. The second kappa shape index (κ2) is 8.49. The Bertz CT molecular complexity index is 515. The van der Waals surface area contributed by atoms with Crippen LogP contribution in [0, 0.1) is 0 Å². The van der Waals surface area contributed by atoms with Gasteiger partial charge in [-0.05, 0) is 38.4 Å². The van der Waals surface area contributed by atoms with E-state index in [-0.39, 0.29) is 0 Å². The Morgan fingerprint density at radius 3 is 2.62 bits per heavy atom. The third kappa shape index (κ3) is 4.48. The fraction of sp³-hybridized carbons (Fsp3) is 0.632. The number of para-hydroxylation sites is 1. The van der Waals surface area contributed by atoms with Crippen LogP contribution in [-0.4, -0.2) is 62.3 Å². The number of amides is 1. The molecule has 2 aliphatic rings. The van der Waals surface area contributed by atoms with Gasteiger partial charge in [-0.1, -0.05) is 18.2 Å². The van der Waals surface area contributed by atoms with Crippen molar-refractivity contribution >= 4 is 11.6 Å². The number of hydrogen-bond donors (Lipinski definition) is 1. The molecule has 0 saturated carbocycles. The first-order valence-corrected chi connectivity index (χ1v) is 9.17. The molecule has 2 fully saturated rings. The normalized spacial score (nSPS) is 24.4. The third-order valence-corrected chi connectivity index (χ3v) is 5.10. The van der Waals surface area contributed by atoms with Crippen LogP contribution in [0.4, 0.5) is 5.69 Å². The summed E-state index contributed by atoms with van der Waals surface area (Å²) in [6, 6.07) is 10.9. The predicted molar refractivity (Wildman–Crippen MR) is 96.3 cm³/mol. The Morgan fingerprint density at radius 2 is 1.96 bits per heavy atom. The van der Waals surface area contributed by atoms with Gasteiger partial charge in [-0.15, -0.1) is 0 Å². The molecule has 0 aromatic heterocycles. The minimum absolute atomic E-state index is 0.292. The van der Waals surface area contributed by atoms with Gasteiger partial charge < -0.3 is 19.9 Å². The molecule has 5 heteroatoms. The van der Waals surface area contributed by atoms with Gasteiger partial charge in [0.15, 0.2) is 0 Å². The Labute approximate surface area is 145 Å². The average Bonchev–Trinajstić information content (AvgIpc) is 3.04. The highest BCUT2D eigenvalue weighted by atomic mass is 16.5. The number of ether oxygens (including phenoxy) is 1. The molecule has 2 saturated heterocycles. The van der Waals surface area contributed by atoms with Gasteiger partial charge in [0.25, 0.3) is 0 Å². The maximum atomic E-state index is 12.4. The summed E-state index contributed by atoms with van der Waals surface area (Å²) in [6.07, 6.45) is 2.92. The zero-order valence-electron chi connectivity index (χ0n) is 14.6. The van der Waals surface area contributed by atoms with Crippen molar-refractivity contribution in [2.24, 2.45) is 0 Å². The number of nitrogens with zero attached hydrogens (tertiary/aromatic N) is 2. The molecule has 0 aliphatic carbocycles. The summed E-state index contributed by atoms with van der Waals surface area (Å²) in [4.78, 5) is 16.7. The fourth-order valence-corrected chi connectivity index (χ4v) is 3.54. The van der Waals surface area contributed by atoms with E-state index in [1.54, 1.807) is 0 Å². The maximum absolute atomic E-state index is 12.4. The van der Waals surface area contributed by atoms with E-state index >= 15 is 0 Å². The van der Waals surface area contributed by atoms with E-state index in [9.17, 15) is 4.79 Å². The molecule has 0 radical (unpaired) electrons. The average molecular weight is 331 g/mol. The summed E-state index contributed by atoms with van der Waals surface area (Å²) in [5, 5.41) is 3.51. The minimum atomic E-state index is 0.292. The van der Waals surface area contributed by atoms with Crippen LogP contribution in [-0.2, 0) is 9.53 Å². The molecular weight excluding hydrogens is 302 g/mol. The zero-order chi connectivity index (χ0) is 16.8. The summed E-state index contributed by atoms with van der Waals surface area (Å²) in [7, 11) is 0. The Kier molecular flexibility index (Phi) is 6.10. The van der Waals surface area contributed by atoms with Gasteiger partial charge >= 0.3 is 0 Å². The van der Waals surface area contributed by atoms with Gasteiger partial charge in [0.05, 0.1) is 6.10 Å². The first kappa shape index (κ1) is 17.2. The van der Waals surface area contributed by atoms with E-state index < -0.39 is 0 Å². The zero-order valence-corrected chi connectivity index (χ0v) is 14.6. The van der Waals surface area contributed by atoms with Crippen LogP contribution in [0.15, 0.2) is 30.3 Å². The molecule has 1 aromatic carbocycles. The van der Waals surface area contributed by atoms with Gasteiger partial charge in [-0.3, -0.25) is 4.79 Å². The number of hydrogen-bond acceptors (Lipinski definition) is 4. The largest absolute Gasteiger partial charge is 0.377 e. The lowest BCUT2D eigenvalue weighted by molar-refractivity contribution is -0.131. The second-order valence-electron chi connectivity index (χ2n) is 6.73. The van der Waals surface area contributed by atoms with Crippen LogP contribution in [0.3, 0.4) is 0 Å². The highest BCUT2D eigenvalue weighted by Crippen LogP contribution is 2.16. The summed E-state index contributed by atoms with van der Waals surface area (Å²) < 4.78 is 5.54. The van der Waals surface area contributed by atoms with Crippen molar-refractivity contribution in [1.29, 1.82) is 0 Å². The molecule has 0 unspecified atom stereocenters. The first-order valence-electron chi connectivity index (χ1n) is 9.17. The SMILES string of the molecule is C[C@@H]1OCC[C@H]1NCCCC(=O)N1CCN(c2ccccc2)CC1. The van der Waals surface area contributed by atoms with Crippen molar-refractivity contribution in [1.82, 2.24) is 10.2 Å². The molecule has 2 atom stereocenters. The van der Waals surface area contributed by atoms with Crippen molar-refractivity contribution in [3.63, 3.8) is 0 Å². The Morgan fingerprint density at radius 1 is 1.21 bits per heavy atom. The molecule has 24 heavy (non-hydrogen) atoms. The highest BCUT2D eigenvalue weighted by molar-refractivity contribution is 5.76. The van der Waals surface area contributed by atoms with Crippen LogP contribution in [0.25, 0.3) is 0 Å². The topological polar surface area (TPSA) is 44.8 Å². The predicted octanol–water partition coefficient (Wildman–Crippen LogP) is 1.88. The first-order chi connectivity index (χ1) is 11.7. The van der Waals surface area contributed by atoms with Crippen LogP contribution in [0.5, 0.6) is 0 Å². The quantitative estimate of drug-likeness (QED) is 0.809. The molecule has 132 valence electrons. The van der Waals surface area contributed by atoms with E-state index in [4.69, 9.17) is 4.74 Å². The molecular formula is C19H29N3O2. The van der Waals surface area contributed by atoms with E-state index in [1.807, 2.05) is 11.0 Å². The van der Waals surface area contributed by atoms with Crippen LogP contribution < -0.4 is 10.2 Å². The smallest absolute Gasteiger partial charge is 0.222 e. The Balaban J connectivity index is 1.33. The summed E-state index contributed by atoms with van der Waals surface area (Å²) in [6.45, 7) is 7.36. The molecule has 1 amide bonds. The highest BCUT2D eigenvalue weighted by Gasteiger charge is 2.24. The van der Waals surface area contributed by atoms with E-state index in [2.05, 4.69) is 41.4 Å². The molecule has 5 nitrogen and oxygen atoms in total. The van der Waals surface area contributed by atoms with Gasteiger partial charge in [0.1, 0.15) is 0 Å². The lowest BCUT2D eigenvalue weighted by Gasteiger charge is -2.36. The van der Waals surface area contributed by atoms with Crippen molar-refractivity contribution in [2.75, 3.05) is 44.2 Å².